The minimum atomic E-state index is 0.392. The van der Waals surface area contributed by atoms with Gasteiger partial charge in [0.15, 0.2) is 5.82 Å². The van der Waals surface area contributed by atoms with E-state index in [0.717, 1.165) is 0 Å². The number of anilines is 2. The number of pyridine rings is 1. The van der Waals surface area contributed by atoms with E-state index in [1.807, 2.05) is 0 Å². The zero-order valence-electron chi connectivity index (χ0n) is 6.91. The number of hydroxylamine groups is 1. The van der Waals surface area contributed by atoms with Gasteiger partial charge >= 0.3 is 0 Å². The molecule has 5 heteroatoms. The Kier molecular flexibility index (Phi) is 2.73. The van der Waals surface area contributed by atoms with Crippen LogP contribution in [0.4, 0.5) is 11.5 Å². The largest absolute Gasteiger partial charge is 0.396 e. The van der Waals surface area contributed by atoms with Gasteiger partial charge in [-0.2, -0.15) is 0 Å². The lowest BCUT2D eigenvalue weighted by atomic mass is 10.4. The van der Waals surface area contributed by atoms with Gasteiger partial charge in [0.2, 0.25) is 0 Å². The van der Waals surface area contributed by atoms with Crippen molar-refractivity contribution in [1.82, 2.24) is 4.98 Å². The molecule has 0 spiro atoms. The third-order valence-corrected chi connectivity index (χ3v) is 1.65. The Morgan fingerprint density at radius 3 is 2.83 bits per heavy atom. The Balaban J connectivity index is 3.04. The molecule has 1 heterocycles. The van der Waals surface area contributed by atoms with Crippen molar-refractivity contribution in [2.45, 2.75) is 0 Å². The average Bonchev–Trinajstić information content (AvgIpc) is 2.08. The Morgan fingerprint density at radius 2 is 2.25 bits per heavy atom. The smallest absolute Gasteiger partial charge is 0.177 e. The van der Waals surface area contributed by atoms with E-state index in [1.54, 1.807) is 19.2 Å². The standard InChI is InChI=1S/C7H10ClN3O/c1-11(12-2)7-5(9)3-4-6(8)10-7/h3-4H,9H2,1-2H3. The molecular weight excluding hydrogens is 178 g/mol. The molecule has 2 N–H and O–H groups in total. The van der Waals surface area contributed by atoms with Crippen molar-refractivity contribution in [2.24, 2.45) is 0 Å². The van der Waals surface area contributed by atoms with Gasteiger partial charge in [-0.25, -0.2) is 10.0 Å². The Bertz CT molecular complexity index is 279. The number of nitrogen functional groups attached to an aromatic ring is 1. The summed E-state index contributed by atoms with van der Waals surface area (Å²) in [5.41, 5.74) is 6.15. The lowest BCUT2D eigenvalue weighted by Crippen LogP contribution is -2.17. The van der Waals surface area contributed by atoms with Crippen LogP contribution in [-0.4, -0.2) is 19.1 Å². The summed E-state index contributed by atoms with van der Waals surface area (Å²) < 4.78 is 0. The van der Waals surface area contributed by atoms with Crippen LogP contribution in [-0.2, 0) is 4.84 Å². The van der Waals surface area contributed by atoms with E-state index >= 15 is 0 Å². The average molecular weight is 188 g/mol. The lowest BCUT2D eigenvalue weighted by molar-refractivity contribution is 0.183. The van der Waals surface area contributed by atoms with Gasteiger partial charge in [0, 0.05) is 7.05 Å². The first-order valence-corrected chi connectivity index (χ1v) is 3.73. The van der Waals surface area contributed by atoms with Crippen LogP contribution in [0, 0.1) is 0 Å². The molecule has 0 unspecified atom stereocenters. The second kappa shape index (κ2) is 3.60. The topological polar surface area (TPSA) is 51.4 Å². The molecule has 0 radical (unpaired) electrons. The van der Waals surface area contributed by atoms with Crippen molar-refractivity contribution in [3.05, 3.63) is 17.3 Å². The fourth-order valence-corrected chi connectivity index (χ4v) is 0.918. The van der Waals surface area contributed by atoms with Gasteiger partial charge in [0.1, 0.15) is 5.15 Å². The number of nitrogens with two attached hydrogens (primary N) is 1. The Hall–Kier alpha value is -1.00. The molecule has 1 aromatic heterocycles. The molecule has 0 aliphatic rings. The summed E-state index contributed by atoms with van der Waals surface area (Å²) in [7, 11) is 3.23. The molecule has 0 aromatic carbocycles. The normalized spacial score (nSPS) is 9.92. The zero-order valence-corrected chi connectivity index (χ0v) is 7.67. The van der Waals surface area contributed by atoms with Gasteiger partial charge in [0.25, 0.3) is 0 Å². The maximum atomic E-state index is 5.67. The highest BCUT2D eigenvalue weighted by atomic mass is 35.5. The second-order valence-electron chi connectivity index (χ2n) is 2.23. The van der Waals surface area contributed by atoms with E-state index in [9.17, 15) is 0 Å². The van der Waals surface area contributed by atoms with E-state index in [4.69, 9.17) is 22.2 Å². The van der Waals surface area contributed by atoms with Crippen molar-refractivity contribution >= 4 is 23.1 Å². The SMILES string of the molecule is CON(C)c1nc(Cl)ccc1N. The molecule has 0 bridgehead atoms. The molecule has 0 atom stereocenters. The first kappa shape index (κ1) is 9.09. The minimum Gasteiger partial charge on any atom is -0.396 e. The molecule has 0 amide bonds. The van der Waals surface area contributed by atoms with Crippen molar-refractivity contribution in [3.8, 4) is 0 Å². The number of aromatic nitrogens is 1. The highest BCUT2D eigenvalue weighted by Crippen LogP contribution is 2.21. The second-order valence-corrected chi connectivity index (χ2v) is 2.61. The fourth-order valence-electron chi connectivity index (χ4n) is 0.775. The number of hydrogen-bond donors (Lipinski definition) is 1. The number of rotatable bonds is 2. The molecule has 0 saturated heterocycles. The first-order chi connectivity index (χ1) is 5.65. The maximum Gasteiger partial charge on any atom is 0.177 e. The number of hydrogen-bond acceptors (Lipinski definition) is 4. The van der Waals surface area contributed by atoms with Gasteiger partial charge in [0.05, 0.1) is 12.8 Å². The van der Waals surface area contributed by atoms with Crippen molar-refractivity contribution < 1.29 is 4.84 Å². The molecule has 66 valence electrons. The molecule has 12 heavy (non-hydrogen) atoms. The van der Waals surface area contributed by atoms with Crippen LogP contribution in [0.3, 0.4) is 0 Å². The van der Waals surface area contributed by atoms with Crippen LogP contribution in [0.2, 0.25) is 5.15 Å². The molecule has 0 aliphatic carbocycles. The summed E-state index contributed by atoms with van der Waals surface area (Å²) in [4.78, 5) is 8.89. The van der Waals surface area contributed by atoms with Crippen LogP contribution in [0.1, 0.15) is 0 Å². The van der Waals surface area contributed by atoms with E-state index in [0.29, 0.717) is 16.7 Å². The van der Waals surface area contributed by atoms with Gasteiger partial charge < -0.3 is 5.73 Å². The van der Waals surface area contributed by atoms with Crippen LogP contribution >= 0.6 is 11.6 Å². The summed E-state index contributed by atoms with van der Waals surface area (Å²) in [6.07, 6.45) is 0. The van der Waals surface area contributed by atoms with Crippen LogP contribution in [0.25, 0.3) is 0 Å². The van der Waals surface area contributed by atoms with E-state index < -0.39 is 0 Å². The third kappa shape index (κ3) is 1.78. The highest BCUT2D eigenvalue weighted by Gasteiger charge is 2.06. The molecule has 4 nitrogen and oxygen atoms in total. The molecule has 0 fully saturated rings. The minimum absolute atomic E-state index is 0.392. The number of nitrogens with zero attached hydrogens (tertiary/aromatic N) is 2. The summed E-state index contributed by atoms with van der Waals surface area (Å²) in [6, 6.07) is 3.31. The molecule has 0 aliphatic heterocycles. The lowest BCUT2D eigenvalue weighted by Gasteiger charge is -2.16. The van der Waals surface area contributed by atoms with E-state index in [1.165, 1.54) is 12.2 Å². The van der Waals surface area contributed by atoms with Gasteiger partial charge in [-0.3, -0.25) is 4.84 Å². The first-order valence-electron chi connectivity index (χ1n) is 3.35. The summed E-state index contributed by atoms with van der Waals surface area (Å²) in [5.74, 6) is 0.519. The Labute approximate surface area is 75.9 Å². The predicted molar refractivity (Wildman–Crippen MR) is 49.1 cm³/mol. The highest BCUT2D eigenvalue weighted by molar-refractivity contribution is 6.29. The molecule has 1 rings (SSSR count). The summed E-state index contributed by atoms with van der Waals surface area (Å²) >= 11 is 5.67. The van der Waals surface area contributed by atoms with Crippen molar-refractivity contribution in [1.29, 1.82) is 0 Å². The zero-order chi connectivity index (χ0) is 9.14. The van der Waals surface area contributed by atoms with Gasteiger partial charge in [-0.1, -0.05) is 11.6 Å². The van der Waals surface area contributed by atoms with Crippen LogP contribution in [0.5, 0.6) is 0 Å². The predicted octanol–water partition coefficient (Wildman–Crippen LogP) is 1.31. The summed E-state index contributed by atoms with van der Waals surface area (Å²) in [6.45, 7) is 0. The van der Waals surface area contributed by atoms with E-state index in [2.05, 4.69) is 4.98 Å². The molecular formula is C7H10ClN3O. The van der Waals surface area contributed by atoms with Crippen LogP contribution in [0.15, 0.2) is 12.1 Å². The Morgan fingerprint density at radius 1 is 1.58 bits per heavy atom. The van der Waals surface area contributed by atoms with Gasteiger partial charge in [-0.15, -0.1) is 0 Å². The fraction of sp³-hybridized carbons (Fsp3) is 0.286. The maximum absolute atomic E-state index is 5.67. The van der Waals surface area contributed by atoms with Gasteiger partial charge in [-0.05, 0) is 12.1 Å². The van der Waals surface area contributed by atoms with Crippen molar-refractivity contribution in [3.63, 3.8) is 0 Å². The monoisotopic (exact) mass is 187 g/mol. The van der Waals surface area contributed by atoms with E-state index in [-0.39, 0.29) is 0 Å². The van der Waals surface area contributed by atoms with Crippen molar-refractivity contribution in [2.75, 3.05) is 25.0 Å². The third-order valence-electron chi connectivity index (χ3n) is 1.44. The molecule has 0 saturated carbocycles. The molecule has 1 aromatic rings. The summed E-state index contributed by atoms with van der Waals surface area (Å²) in [5, 5.41) is 1.84. The quantitative estimate of drug-likeness (QED) is 0.561. The number of halogens is 1. The van der Waals surface area contributed by atoms with Crippen LogP contribution < -0.4 is 10.8 Å².